The Balaban J connectivity index is 1.75. The molecular weight excluding hydrogens is 362 g/mol. The molecule has 0 aliphatic carbocycles. The molecule has 1 saturated heterocycles. The van der Waals surface area contributed by atoms with Gasteiger partial charge in [0.25, 0.3) is 0 Å². The fraction of sp³-hybridized carbons (Fsp3) is 0.400. The molecule has 1 aromatic heterocycles. The lowest BCUT2D eigenvalue weighted by molar-refractivity contribution is 0.0903. The number of benzene rings is 1. The zero-order chi connectivity index (χ0) is 19.1. The monoisotopic (exact) mass is 387 g/mol. The van der Waals surface area contributed by atoms with Gasteiger partial charge in [-0.05, 0) is 49.3 Å². The van der Waals surface area contributed by atoms with E-state index in [9.17, 15) is 0 Å². The van der Waals surface area contributed by atoms with Gasteiger partial charge in [-0.3, -0.25) is 4.98 Å². The minimum atomic E-state index is 0.186. The molecular formula is C20H25N3O3S. The van der Waals surface area contributed by atoms with Crippen LogP contribution in [0.2, 0.25) is 0 Å². The van der Waals surface area contributed by atoms with Crippen LogP contribution in [0.15, 0.2) is 42.6 Å². The summed E-state index contributed by atoms with van der Waals surface area (Å²) in [6, 6.07) is 11.5. The Labute approximate surface area is 165 Å². The van der Waals surface area contributed by atoms with Crippen molar-refractivity contribution in [2.45, 2.75) is 25.5 Å². The largest absolute Gasteiger partial charge is 0.497 e. The Kier molecular flexibility index (Phi) is 6.84. The van der Waals surface area contributed by atoms with E-state index < -0.39 is 0 Å². The smallest absolute Gasteiger partial charge is 0.173 e. The topological polar surface area (TPSA) is 55.9 Å². The second-order valence-electron chi connectivity index (χ2n) is 6.33. The molecule has 0 radical (unpaired) electrons. The third-order valence-electron chi connectivity index (χ3n) is 4.46. The van der Waals surface area contributed by atoms with Crippen molar-refractivity contribution in [1.82, 2.24) is 9.88 Å². The molecule has 1 fully saturated rings. The van der Waals surface area contributed by atoms with Crippen LogP contribution in [0.4, 0.5) is 5.69 Å². The van der Waals surface area contributed by atoms with Crippen molar-refractivity contribution in [1.29, 1.82) is 0 Å². The Morgan fingerprint density at radius 2 is 2.19 bits per heavy atom. The maximum atomic E-state index is 5.81. The van der Waals surface area contributed by atoms with Gasteiger partial charge in [-0.1, -0.05) is 6.07 Å². The van der Waals surface area contributed by atoms with E-state index in [-0.39, 0.29) is 6.10 Å². The lowest BCUT2D eigenvalue weighted by atomic mass is 10.2. The first-order chi connectivity index (χ1) is 13.2. The quantitative estimate of drug-likeness (QED) is 0.730. The van der Waals surface area contributed by atoms with Crippen LogP contribution in [0.1, 0.15) is 18.5 Å². The third-order valence-corrected chi connectivity index (χ3v) is 4.82. The van der Waals surface area contributed by atoms with Crippen molar-refractivity contribution in [3.05, 3.63) is 48.3 Å². The van der Waals surface area contributed by atoms with E-state index in [1.807, 2.05) is 36.4 Å². The van der Waals surface area contributed by atoms with Crippen LogP contribution >= 0.6 is 12.2 Å². The molecule has 0 saturated carbocycles. The molecule has 1 aliphatic rings. The molecule has 1 unspecified atom stereocenters. The predicted octanol–water partition coefficient (Wildman–Crippen LogP) is 3.48. The standard InChI is InChI=1S/C20H25N3O3S/c1-24-16-8-9-18(19(12-16)25-2)22-20(27)23(14-17-7-5-11-26-17)13-15-6-3-4-10-21-15/h3-4,6,8-10,12,17H,5,7,11,13-14H2,1-2H3,(H,22,27). The second kappa shape index (κ2) is 9.53. The minimum Gasteiger partial charge on any atom is -0.497 e. The SMILES string of the molecule is COc1ccc(NC(=S)N(Cc2ccccn2)CC2CCCO2)c(OC)c1. The van der Waals surface area contributed by atoms with Crippen LogP contribution in [0.25, 0.3) is 0 Å². The lowest BCUT2D eigenvalue weighted by Crippen LogP contribution is -2.39. The van der Waals surface area contributed by atoms with E-state index in [4.69, 9.17) is 26.4 Å². The summed E-state index contributed by atoms with van der Waals surface area (Å²) in [5.74, 6) is 1.40. The number of hydrogen-bond donors (Lipinski definition) is 1. The van der Waals surface area contributed by atoms with Crippen LogP contribution < -0.4 is 14.8 Å². The number of aromatic nitrogens is 1. The number of rotatable bonds is 7. The zero-order valence-electron chi connectivity index (χ0n) is 15.7. The van der Waals surface area contributed by atoms with Gasteiger partial charge in [0.2, 0.25) is 0 Å². The van der Waals surface area contributed by atoms with Crippen molar-refractivity contribution in [2.75, 3.05) is 32.7 Å². The Morgan fingerprint density at radius 3 is 2.85 bits per heavy atom. The highest BCUT2D eigenvalue weighted by atomic mass is 32.1. The van der Waals surface area contributed by atoms with E-state index >= 15 is 0 Å². The summed E-state index contributed by atoms with van der Waals surface area (Å²) in [6.45, 7) is 2.15. The molecule has 2 heterocycles. The molecule has 1 N–H and O–H groups in total. The number of methoxy groups -OCH3 is 2. The molecule has 1 aliphatic heterocycles. The van der Waals surface area contributed by atoms with Crippen LogP contribution in [-0.2, 0) is 11.3 Å². The molecule has 6 nitrogen and oxygen atoms in total. The highest BCUT2D eigenvalue weighted by molar-refractivity contribution is 7.80. The first-order valence-electron chi connectivity index (χ1n) is 8.99. The number of thiocarbonyl (C=S) groups is 1. The van der Waals surface area contributed by atoms with Gasteiger partial charge in [-0.2, -0.15) is 0 Å². The summed E-state index contributed by atoms with van der Waals surface area (Å²) in [6.07, 6.45) is 4.12. The van der Waals surface area contributed by atoms with Gasteiger partial charge in [0, 0.05) is 25.4 Å². The van der Waals surface area contributed by atoms with Gasteiger partial charge >= 0.3 is 0 Å². The van der Waals surface area contributed by atoms with Gasteiger partial charge in [0.1, 0.15) is 11.5 Å². The van der Waals surface area contributed by atoms with Crippen LogP contribution in [0.5, 0.6) is 11.5 Å². The Hall–Kier alpha value is -2.38. The average Bonchev–Trinajstić information content (AvgIpc) is 3.21. The first-order valence-corrected chi connectivity index (χ1v) is 9.40. The number of anilines is 1. The number of pyridine rings is 1. The van der Waals surface area contributed by atoms with Gasteiger partial charge in [-0.15, -0.1) is 0 Å². The number of ether oxygens (including phenoxy) is 3. The molecule has 144 valence electrons. The number of nitrogens with zero attached hydrogens (tertiary/aromatic N) is 2. The average molecular weight is 388 g/mol. The van der Waals surface area contributed by atoms with Crippen molar-refractivity contribution in [3.8, 4) is 11.5 Å². The molecule has 0 amide bonds. The molecule has 1 atom stereocenters. The van der Waals surface area contributed by atoms with Crippen molar-refractivity contribution < 1.29 is 14.2 Å². The normalized spacial score (nSPS) is 16.0. The fourth-order valence-corrected chi connectivity index (χ4v) is 3.29. The first kappa shape index (κ1) is 19.4. The number of hydrogen-bond acceptors (Lipinski definition) is 5. The van der Waals surface area contributed by atoms with Gasteiger partial charge in [0.15, 0.2) is 5.11 Å². The molecule has 7 heteroatoms. The van der Waals surface area contributed by atoms with E-state index in [2.05, 4.69) is 15.2 Å². The van der Waals surface area contributed by atoms with E-state index in [1.54, 1.807) is 20.4 Å². The van der Waals surface area contributed by atoms with Crippen LogP contribution in [0, 0.1) is 0 Å². The van der Waals surface area contributed by atoms with Gasteiger partial charge in [-0.25, -0.2) is 0 Å². The summed E-state index contributed by atoms with van der Waals surface area (Å²) in [5, 5.41) is 3.91. The maximum absolute atomic E-state index is 5.81. The Bertz CT molecular complexity index is 751. The minimum absolute atomic E-state index is 0.186. The summed E-state index contributed by atoms with van der Waals surface area (Å²) in [7, 11) is 3.25. The predicted molar refractivity (Wildman–Crippen MR) is 109 cm³/mol. The van der Waals surface area contributed by atoms with Crippen molar-refractivity contribution in [3.63, 3.8) is 0 Å². The van der Waals surface area contributed by atoms with E-state index in [0.29, 0.717) is 17.4 Å². The zero-order valence-corrected chi connectivity index (χ0v) is 16.5. The van der Waals surface area contributed by atoms with Crippen molar-refractivity contribution in [2.24, 2.45) is 0 Å². The summed E-state index contributed by atoms with van der Waals surface area (Å²) >= 11 is 5.70. The molecule has 0 bridgehead atoms. The molecule has 2 aromatic rings. The number of nitrogens with one attached hydrogen (secondary N) is 1. The van der Waals surface area contributed by atoms with Crippen LogP contribution in [-0.4, -0.2) is 48.5 Å². The maximum Gasteiger partial charge on any atom is 0.173 e. The summed E-state index contributed by atoms with van der Waals surface area (Å²) in [4.78, 5) is 6.52. The highest BCUT2D eigenvalue weighted by Crippen LogP contribution is 2.29. The Morgan fingerprint density at radius 1 is 1.30 bits per heavy atom. The molecule has 0 spiro atoms. The van der Waals surface area contributed by atoms with E-state index in [1.165, 1.54) is 0 Å². The van der Waals surface area contributed by atoms with Crippen LogP contribution in [0.3, 0.4) is 0 Å². The lowest BCUT2D eigenvalue weighted by Gasteiger charge is -2.28. The van der Waals surface area contributed by atoms with E-state index in [0.717, 1.165) is 43.1 Å². The molecule has 27 heavy (non-hydrogen) atoms. The van der Waals surface area contributed by atoms with Gasteiger partial charge in [0.05, 0.1) is 38.2 Å². The molecule has 3 rings (SSSR count). The second-order valence-corrected chi connectivity index (χ2v) is 6.72. The van der Waals surface area contributed by atoms with Gasteiger partial charge < -0.3 is 24.4 Å². The summed E-state index contributed by atoms with van der Waals surface area (Å²) < 4.78 is 16.5. The van der Waals surface area contributed by atoms with Crippen molar-refractivity contribution >= 4 is 23.0 Å². The highest BCUT2D eigenvalue weighted by Gasteiger charge is 2.22. The fourth-order valence-electron chi connectivity index (χ4n) is 3.04. The summed E-state index contributed by atoms with van der Waals surface area (Å²) in [5.41, 5.74) is 1.75. The molecule has 1 aromatic carbocycles. The third kappa shape index (κ3) is 5.30.